The van der Waals surface area contributed by atoms with Gasteiger partial charge in [-0.1, -0.05) is 36.4 Å². The van der Waals surface area contributed by atoms with E-state index >= 15 is 0 Å². The van der Waals surface area contributed by atoms with Crippen molar-refractivity contribution in [1.29, 1.82) is 0 Å². The molecule has 144 valence electrons. The Morgan fingerprint density at radius 2 is 1.81 bits per heavy atom. The second kappa shape index (κ2) is 7.08. The van der Waals surface area contributed by atoms with E-state index < -0.39 is 40.5 Å². The molecule has 0 saturated carbocycles. The normalized spacial score (nSPS) is 27.4. The monoisotopic (exact) mass is 392 g/mol. The molecule has 9 heteroatoms. The van der Waals surface area contributed by atoms with Crippen molar-refractivity contribution in [2.75, 3.05) is 24.8 Å². The number of carbonyl (C=O) groups excluding carboxylic acids is 1. The summed E-state index contributed by atoms with van der Waals surface area (Å²) < 4.78 is 42.0. The second-order valence-electron chi connectivity index (χ2n) is 6.69. The molecule has 4 rings (SSSR count). The molecule has 0 bridgehead atoms. The zero-order valence-electron chi connectivity index (χ0n) is 14.6. The van der Waals surface area contributed by atoms with Gasteiger partial charge in [0.2, 0.25) is 10.0 Å². The highest BCUT2D eigenvalue weighted by atomic mass is 32.2. The number of hydrogen-bond donors (Lipinski definition) is 2. The van der Waals surface area contributed by atoms with Crippen molar-refractivity contribution in [2.24, 2.45) is 0 Å². The number of rotatable bonds is 4. The Hall–Kier alpha value is -2.20. The van der Waals surface area contributed by atoms with Crippen LogP contribution < -0.4 is 10.0 Å². The number of anilines is 1. The first-order valence-corrected chi connectivity index (χ1v) is 10.5. The molecule has 2 aliphatic heterocycles. The van der Waals surface area contributed by atoms with Gasteiger partial charge >= 0.3 is 6.09 Å². The number of benzene rings is 2. The van der Waals surface area contributed by atoms with Gasteiger partial charge in [0.25, 0.3) is 0 Å². The first-order chi connectivity index (χ1) is 12.9. The maximum Gasteiger partial charge on any atom is 0.412 e. The molecular formula is C18H20N2O6S. The van der Waals surface area contributed by atoms with E-state index in [0.29, 0.717) is 5.69 Å². The van der Waals surface area contributed by atoms with Crippen LogP contribution in [0.3, 0.4) is 0 Å². The third kappa shape index (κ3) is 3.91. The van der Waals surface area contributed by atoms with Crippen LogP contribution >= 0.6 is 0 Å². The molecule has 2 N–H and O–H groups in total. The van der Waals surface area contributed by atoms with Crippen LogP contribution in [0.4, 0.5) is 10.5 Å². The van der Waals surface area contributed by atoms with Crippen LogP contribution in [0.15, 0.2) is 42.5 Å². The third-order valence-electron chi connectivity index (χ3n) is 4.66. The summed E-state index contributed by atoms with van der Waals surface area (Å²) in [5.74, 6) is 0. The lowest BCUT2D eigenvalue weighted by Gasteiger charge is -2.18. The lowest BCUT2D eigenvalue weighted by Crippen LogP contribution is -2.44. The van der Waals surface area contributed by atoms with Crippen LogP contribution in [0.1, 0.15) is 0 Å². The largest absolute Gasteiger partial charge is 0.441 e. The maximum absolute atomic E-state index is 12.4. The first-order valence-electron chi connectivity index (χ1n) is 8.56. The predicted octanol–water partition coefficient (Wildman–Crippen LogP) is 1.47. The van der Waals surface area contributed by atoms with E-state index in [1.54, 1.807) is 6.07 Å². The summed E-state index contributed by atoms with van der Waals surface area (Å²) in [6.45, 7) is 0.327. The second-order valence-corrected chi connectivity index (χ2v) is 8.47. The Bertz CT molecular complexity index is 958. The highest BCUT2D eigenvalue weighted by Crippen LogP contribution is 2.30. The molecule has 2 aromatic rings. The van der Waals surface area contributed by atoms with Crippen LogP contribution in [0.25, 0.3) is 10.8 Å². The molecule has 0 aromatic heterocycles. The average molecular weight is 392 g/mol. The molecule has 0 unspecified atom stereocenters. The minimum atomic E-state index is -3.38. The van der Waals surface area contributed by atoms with Crippen molar-refractivity contribution in [3.05, 3.63) is 42.5 Å². The minimum absolute atomic E-state index is 0.153. The van der Waals surface area contributed by atoms with Gasteiger partial charge in [-0.2, -0.15) is 0 Å². The van der Waals surface area contributed by atoms with E-state index in [4.69, 9.17) is 14.2 Å². The number of amides is 1. The molecule has 4 atom stereocenters. The van der Waals surface area contributed by atoms with Gasteiger partial charge in [0.1, 0.15) is 12.2 Å². The van der Waals surface area contributed by atoms with E-state index in [1.165, 1.54) is 0 Å². The number of sulfonamides is 1. The van der Waals surface area contributed by atoms with Gasteiger partial charge in [-0.3, -0.25) is 5.32 Å². The van der Waals surface area contributed by atoms with Crippen molar-refractivity contribution in [3.63, 3.8) is 0 Å². The highest BCUT2D eigenvalue weighted by Gasteiger charge is 2.50. The van der Waals surface area contributed by atoms with E-state index in [-0.39, 0.29) is 13.2 Å². The Morgan fingerprint density at radius 1 is 1.07 bits per heavy atom. The fourth-order valence-electron chi connectivity index (χ4n) is 3.55. The zero-order chi connectivity index (χ0) is 19.0. The molecule has 0 radical (unpaired) electrons. The number of ether oxygens (including phenoxy) is 3. The topological polar surface area (TPSA) is 103 Å². The lowest BCUT2D eigenvalue weighted by molar-refractivity contribution is 0.00885. The van der Waals surface area contributed by atoms with Gasteiger partial charge in [-0.25, -0.2) is 17.9 Å². The van der Waals surface area contributed by atoms with Crippen LogP contribution in [-0.4, -0.2) is 58.3 Å². The summed E-state index contributed by atoms with van der Waals surface area (Å²) in [4.78, 5) is 12.4. The van der Waals surface area contributed by atoms with Gasteiger partial charge < -0.3 is 14.2 Å². The number of carbonyl (C=O) groups is 1. The summed E-state index contributed by atoms with van der Waals surface area (Å²) in [5.41, 5.74) is 0.650. The molecule has 0 aliphatic carbocycles. The SMILES string of the molecule is CS(=O)(=O)N[C@H]1CO[C@H]2[C@@H]1OC[C@H]2OC(=O)Nc1cccc2ccccc12. The van der Waals surface area contributed by atoms with Crippen LogP contribution in [-0.2, 0) is 24.2 Å². The van der Waals surface area contributed by atoms with Crippen molar-refractivity contribution in [2.45, 2.75) is 24.4 Å². The number of hydrogen-bond acceptors (Lipinski definition) is 6. The average Bonchev–Trinajstić information content (AvgIpc) is 3.18. The van der Waals surface area contributed by atoms with E-state index in [0.717, 1.165) is 17.0 Å². The fourth-order valence-corrected chi connectivity index (χ4v) is 4.30. The first kappa shape index (κ1) is 18.2. The Kier molecular flexibility index (Phi) is 4.77. The van der Waals surface area contributed by atoms with Gasteiger partial charge in [0.15, 0.2) is 6.10 Å². The standard InChI is InChI=1S/C18H20N2O6S/c1-27(22,23)20-14-9-24-17-15(10-25-16(14)17)26-18(21)19-13-8-4-6-11-5-2-3-7-12(11)13/h2-8,14-17,20H,9-10H2,1H3,(H,19,21)/t14-,15+,16+,17+/m0/s1. The molecule has 2 aromatic carbocycles. The van der Waals surface area contributed by atoms with E-state index in [2.05, 4.69) is 10.0 Å². The summed E-state index contributed by atoms with van der Waals surface area (Å²) in [6.07, 6.45) is -1.10. The summed E-state index contributed by atoms with van der Waals surface area (Å²) >= 11 is 0. The van der Waals surface area contributed by atoms with E-state index in [1.807, 2.05) is 36.4 Å². The molecule has 27 heavy (non-hydrogen) atoms. The minimum Gasteiger partial charge on any atom is -0.441 e. The van der Waals surface area contributed by atoms with Gasteiger partial charge in [-0.15, -0.1) is 0 Å². The summed E-state index contributed by atoms with van der Waals surface area (Å²) in [6, 6.07) is 12.8. The smallest absolute Gasteiger partial charge is 0.412 e. The van der Waals surface area contributed by atoms with Gasteiger partial charge in [0.05, 0.1) is 31.2 Å². The van der Waals surface area contributed by atoms with Gasteiger partial charge in [-0.05, 0) is 11.5 Å². The molecule has 2 saturated heterocycles. The van der Waals surface area contributed by atoms with Crippen molar-refractivity contribution >= 4 is 32.6 Å². The maximum atomic E-state index is 12.4. The Labute approximate surface area is 156 Å². The summed E-state index contributed by atoms with van der Waals surface area (Å²) in [7, 11) is -3.38. The fraction of sp³-hybridized carbons (Fsp3) is 0.389. The molecule has 2 fully saturated rings. The Morgan fingerprint density at radius 3 is 2.63 bits per heavy atom. The third-order valence-corrected chi connectivity index (χ3v) is 5.39. The number of nitrogens with one attached hydrogen (secondary N) is 2. The molecule has 1 amide bonds. The molecule has 0 spiro atoms. The zero-order valence-corrected chi connectivity index (χ0v) is 15.4. The van der Waals surface area contributed by atoms with Gasteiger partial charge in [0, 0.05) is 5.39 Å². The van der Waals surface area contributed by atoms with Crippen LogP contribution in [0, 0.1) is 0 Å². The number of fused-ring (bicyclic) bond motifs is 2. The molecule has 8 nitrogen and oxygen atoms in total. The Balaban J connectivity index is 1.41. The quantitative estimate of drug-likeness (QED) is 0.817. The van der Waals surface area contributed by atoms with Crippen molar-refractivity contribution in [1.82, 2.24) is 4.72 Å². The molecule has 2 aliphatic rings. The van der Waals surface area contributed by atoms with Crippen molar-refractivity contribution < 1.29 is 27.4 Å². The molecule has 2 heterocycles. The summed E-state index contributed by atoms with van der Waals surface area (Å²) in [5, 5.41) is 4.67. The van der Waals surface area contributed by atoms with Crippen LogP contribution in [0.5, 0.6) is 0 Å². The van der Waals surface area contributed by atoms with Crippen molar-refractivity contribution in [3.8, 4) is 0 Å². The molecular weight excluding hydrogens is 372 g/mol. The lowest BCUT2D eigenvalue weighted by atomic mass is 10.1. The highest BCUT2D eigenvalue weighted by molar-refractivity contribution is 7.88. The predicted molar refractivity (Wildman–Crippen MR) is 99.1 cm³/mol. The van der Waals surface area contributed by atoms with E-state index in [9.17, 15) is 13.2 Å². The van der Waals surface area contributed by atoms with Crippen LogP contribution in [0.2, 0.25) is 0 Å².